The summed E-state index contributed by atoms with van der Waals surface area (Å²) in [5, 5.41) is 0. The van der Waals surface area contributed by atoms with Gasteiger partial charge in [0, 0.05) is 17.3 Å². The van der Waals surface area contributed by atoms with Crippen LogP contribution in [0.25, 0.3) is 55.9 Å². The Labute approximate surface area is 198 Å². The molecule has 0 aliphatic carbocycles. The van der Waals surface area contributed by atoms with Gasteiger partial charge in [-0.2, -0.15) is 0 Å². The van der Waals surface area contributed by atoms with Crippen molar-refractivity contribution >= 4 is 11.2 Å². The molecule has 0 unspecified atom stereocenters. The van der Waals surface area contributed by atoms with Gasteiger partial charge in [-0.3, -0.25) is 0 Å². The van der Waals surface area contributed by atoms with Crippen molar-refractivity contribution in [3.8, 4) is 44.8 Å². The second-order valence-electron chi connectivity index (χ2n) is 8.15. The Balaban J connectivity index is 1.46. The van der Waals surface area contributed by atoms with Crippen molar-refractivity contribution in [2.75, 3.05) is 0 Å². The molecule has 0 radical (unpaired) electrons. The number of benzene rings is 4. The molecule has 0 saturated carbocycles. The minimum absolute atomic E-state index is 0.647. The molecule has 0 aliphatic heterocycles. The van der Waals surface area contributed by atoms with E-state index in [0.717, 1.165) is 28.0 Å². The number of rotatable bonds is 4. The van der Waals surface area contributed by atoms with Gasteiger partial charge in [0.2, 0.25) is 0 Å². The Morgan fingerprint density at radius 1 is 0.353 bits per heavy atom. The van der Waals surface area contributed by atoms with Crippen LogP contribution in [0.15, 0.2) is 128 Å². The van der Waals surface area contributed by atoms with Gasteiger partial charge >= 0.3 is 0 Å². The van der Waals surface area contributed by atoms with Crippen LogP contribution >= 0.6 is 0 Å². The molecular weight excluding hydrogens is 414 g/mol. The van der Waals surface area contributed by atoms with Crippen molar-refractivity contribution in [3.63, 3.8) is 0 Å². The first-order valence-electron chi connectivity index (χ1n) is 11.3. The molecule has 0 spiro atoms. The Bertz CT molecular complexity index is 1440. The molecule has 2 heterocycles. The summed E-state index contributed by atoms with van der Waals surface area (Å²) in [5.41, 5.74) is 9.89. The van der Waals surface area contributed by atoms with E-state index >= 15 is 0 Å². The zero-order valence-corrected chi connectivity index (χ0v) is 18.5. The maximum absolute atomic E-state index is 4.98. The number of nitrogens with zero attached hydrogens (tertiary/aromatic N) is 3. The van der Waals surface area contributed by atoms with E-state index in [1.54, 1.807) is 6.20 Å². The molecule has 6 rings (SSSR count). The molecule has 4 aromatic carbocycles. The molecule has 6 aromatic rings. The maximum Gasteiger partial charge on any atom is 0.178 e. The van der Waals surface area contributed by atoms with Crippen molar-refractivity contribution in [2.45, 2.75) is 0 Å². The average Bonchev–Trinajstić information content (AvgIpc) is 2.93. The summed E-state index contributed by atoms with van der Waals surface area (Å²) < 4.78 is 0. The third-order valence-corrected chi connectivity index (χ3v) is 5.97. The summed E-state index contributed by atoms with van der Waals surface area (Å²) >= 11 is 0. The van der Waals surface area contributed by atoms with Crippen LogP contribution in [0.4, 0.5) is 0 Å². The molecule has 0 bridgehead atoms. The summed E-state index contributed by atoms with van der Waals surface area (Å²) in [4.78, 5) is 14.4. The van der Waals surface area contributed by atoms with Crippen molar-refractivity contribution in [1.29, 1.82) is 0 Å². The molecule has 34 heavy (non-hydrogen) atoms. The smallest absolute Gasteiger partial charge is 0.178 e. The lowest BCUT2D eigenvalue weighted by molar-refractivity contribution is 1.23. The van der Waals surface area contributed by atoms with Crippen LogP contribution in [0.2, 0.25) is 0 Å². The second kappa shape index (κ2) is 8.72. The van der Waals surface area contributed by atoms with Crippen LogP contribution < -0.4 is 0 Å². The van der Waals surface area contributed by atoms with Crippen LogP contribution in [0, 0.1) is 0 Å². The van der Waals surface area contributed by atoms with Crippen molar-refractivity contribution in [1.82, 2.24) is 15.0 Å². The predicted molar refractivity (Wildman–Crippen MR) is 139 cm³/mol. The summed E-state index contributed by atoms with van der Waals surface area (Å²) in [6, 6.07) is 41.7. The normalized spacial score (nSPS) is 10.9. The second-order valence-corrected chi connectivity index (χ2v) is 8.15. The Kier molecular flexibility index (Phi) is 5.13. The summed E-state index contributed by atoms with van der Waals surface area (Å²) in [5.74, 6) is 0. The van der Waals surface area contributed by atoms with Crippen LogP contribution in [0.1, 0.15) is 0 Å². The summed E-state index contributed by atoms with van der Waals surface area (Å²) in [6.45, 7) is 0. The summed E-state index contributed by atoms with van der Waals surface area (Å²) in [7, 11) is 0. The maximum atomic E-state index is 4.98. The van der Waals surface area contributed by atoms with Gasteiger partial charge in [0.25, 0.3) is 0 Å². The number of aromatic nitrogens is 3. The molecule has 0 amide bonds. The van der Waals surface area contributed by atoms with Crippen LogP contribution in [0.3, 0.4) is 0 Å². The number of hydrogen-bond acceptors (Lipinski definition) is 3. The van der Waals surface area contributed by atoms with Gasteiger partial charge in [-0.05, 0) is 34.4 Å². The molecule has 0 atom stereocenters. The lowest BCUT2D eigenvalue weighted by Crippen LogP contribution is -1.97. The van der Waals surface area contributed by atoms with Crippen LogP contribution in [0.5, 0.6) is 0 Å². The molecule has 3 heteroatoms. The van der Waals surface area contributed by atoms with Gasteiger partial charge in [0.05, 0.1) is 11.4 Å². The Morgan fingerprint density at radius 2 is 0.794 bits per heavy atom. The van der Waals surface area contributed by atoms with E-state index in [1.165, 1.54) is 22.3 Å². The topological polar surface area (TPSA) is 38.7 Å². The third-order valence-electron chi connectivity index (χ3n) is 5.97. The highest BCUT2D eigenvalue weighted by Gasteiger charge is 2.14. The fourth-order valence-corrected chi connectivity index (χ4v) is 4.20. The minimum Gasteiger partial charge on any atom is -0.242 e. The van der Waals surface area contributed by atoms with E-state index < -0.39 is 0 Å². The highest BCUT2D eigenvalue weighted by molar-refractivity contribution is 5.85. The van der Waals surface area contributed by atoms with Gasteiger partial charge in [-0.15, -0.1) is 0 Å². The van der Waals surface area contributed by atoms with E-state index in [0.29, 0.717) is 5.65 Å². The first-order chi connectivity index (χ1) is 16.8. The molecule has 2 aromatic heterocycles. The molecular formula is C31H21N3. The van der Waals surface area contributed by atoms with Crippen molar-refractivity contribution < 1.29 is 0 Å². The number of pyridine rings is 1. The molecule has 0 N–H and O–H groups in total. The van der Waals surface area contributed by atoms with E-state index in [2.05, 4.69) is 102 Å². The third kappa shape index (κ3) is 3.84. The fourth-order valence-electron chi connectivity index (χ4n) is 4.20. The lowest BCUT2D eigenvalue weighted by atomic mass is 9.98. The van der Waals surface area contributed by atoms with Crippen LogP contribution in [-0.4, -0.2) is 15.0 Å². The first-order valence-corrected chi connectivity index (χ1v) is 11.3. The van der Waals surface area contributed by atoms with Crippen LogP contribution in [-0.2, 0) is 0 Å². The zero-order valence-electron chi connectivity index (χ0n) is 18.5. The first kappa shape index (κ1) is 20.0. The van der Waals surface area contributed by atoms with E-state index in [4.69, 9.17) is 9.97 Å². The molecule has 0 aliphatic rings. The van der Waals surface area contributed by atoms with Crippen molar-refractivity contribution in [3.05, 3.63) is 128 Å². The monoisotopic (exact) mass is 435 g/mol. The molecule has 160 valence electrons. The zero-order chi connectivity index (χ0) is 22.7. The predicted octanol–water partition coefficient (Wildman–Crippen LogP) is 7.69. The van der Waals surface area contributed by atoms with E-state index in [1.807, 2.05) is 24.3 Å². The minimum atomic E-state index is 0.647. The van der Waals surface area contributed by atoms with E-state index in [-0.39, 0.29) is 0 Å². The average molecular weight is 436 g/mol. The van der Waals surface area contributed by atoms with Crippen molar-refractivity contribution in [2.24, 2.45) is 0 Å². The Morgan fingerprint density at radius 3 is 1.32 bits per heavy atom. The quantitative estimate of drug-likeness (QED) is 0.285. The molecule has 0 saturated heterocycles. The van der Waals surface area contributed by atoms with Gasteiger partial charge in [-0.1, -0.05) is 109 Å². The fraction of sp³-hybridized carbons (Fsp3) is 0. The molecule has 0 fully saturated rings. The lowest BCUT2D eigenvalue weighted by Gasteiger charge is -2.11. The van der Waals surface area contributed by atoms with E-state index in [9.17, 15) is 0 Å². The van der Waals surface area contributed by atoms with Gasteiger partial charge < -0.3 is 0 Å². The SMILES string of the molecule is c1ccc(-c2ccc(-c3nc4cccnc4nc3-c3ccc(-c4ccccc4)cc3)cc2)cc1. The highest BCUT2D eigenvalue weighted by atomic mass is 14.9. The summed E-state index contributed by atoms with van der Waals surface area (Å²) in [6.07, 6.45) is 1.76. The standard InChI is InChI=1S/C31H21N3/c1-3-8-22(9-4-1)24-13-17-26(18-14-24)29-30(34-31-28(33-29)12-7-21-32-31)27-19-15-25(16-20-27)23-10-5-2-6-11-23/h1-21H. The van der Waals surface area contributed by atoms with Gasteiger partial charge in [0.1, 0.15) is 5.52 Å². The highest BCUT2D eigenvalue weighted by Crippen LogP contribution is 2.33. The number of fused-ring (bicyclic) bond motifs is 1. The van der Waals surface area contributed by atoms with Gasteiger partial charge in [-0.25, -0.2) is 15.0 Å². The largest absolute Gasteiger partial charge is 0.242 e. The molecule has 3 nitrogen and oxygen atoms in total. The van der Waals surface area contributed by atoms with Gasteiger partial charge in [0.15, 0.2) is 5.65 Å². The Hall–Kier alpha value is -4.63. The number of hydrogen-bond donors (Lipinski definition) is 0.